The molecule has 0 radical (unpaired) electrons. The second-order valence-corrected chi connectivity index (χ2v) is 3.98. The highest BCUT2D eigenvalue weighted by molar-refractivity contribution is 5.91. The third-order valence-electron chi connectivity index (χ3n) is 2.14. The largest absolute Gasteiger partial charge is 0.310 e. The maximum atomic E-state index is 11.5. The predicted octanol–water partition coefficient (Wildman–Crippen LogP) is 1.40. The summed E-state index contributed by atoms with van der Waals surface area (Å²) in [7, 11) is 0. The van der Waals surface area contributed by atoms with Crippen LogP contribution in [0.3, 0.4) is 0 Å². The van der Waals surface area contributed by atoms with E-state index in [0.29, 0.717) is 6.54 Å². The van der Waals surface area contributed by atoms with E-state index >= 15 is 0 Å². The van der Waals surface area contributed by atoms with Crippen molar-refractivity contribution in [2.24, 2.45) is 0 Å². The molecule has 16 heavy (non-hydrogen) atoms. The van der Waals surface area contributed by atoms with Crippen LogP contribution in [0.25, 0.3) is 0 Å². The summed E-state index contributed by atoms with van der Waals surface area (Å²) in [5.41, 5.74) is 0. The lowest BCUT2D eigenvalue weighted by molar-refractivity contribution is -0.115. The second kappa shape index (κ2) is 6.27. The minimum Gasteiger partial charge on any atom is -0.310 e. The Morgan fingerprint density at radius 2 is 2.31 bits per heavy atom. The summed E-state index contributed by atoms with van der Waals surface area (Å²) >= 11 is 0. The van der Waals surface area contributed by atoms with E-state index in [1.54, 1.807) is 16.9 Å². The lowest BCUT2D eigenvalue weighted by Crippen LogP contribution is -2.29. The number of carbonyl (C=O) groups is 1. The molecule has 1 aromatic heterocycles. The molecule has 1 aromatic rings. The lowest BCUT2D eigenvalue weighted by atomic mass is 10.4. The van der Waals surface area contributed by atoms with Gasteiger partial charge in [-0.15, -0.1) is 0 Å². The monoisotopic (exact) mass is 224 g/mol. The van der Waals surface area contributed by atoms with Gasteiger partial charge in [-0.3, -0.25) is 4.79 Å². The van der Waals surface area contributed by atoms with Gasteiger partial charge in [-0.05, 0) is 26.8 Å². The standard InChI is InChI=1S/C11H20N4O/c1-4-6-12-8-11(16)14-10-5-7-13-15(10)9(2)3/h5,7,9,12H,4,6,8H2,1-3H3,(H,14,16). The maximum Gasteiger partial charge on any atom is 0.239 e. The van der Waals surface area contributed by atoms with Crippen LogP contribution in [0.5, 0.6) is 0 Å². The minimum atomic E-state index is -0.0316. The van der Waals surface area contributed by atoms with Gasteiger partial charge >= 0.3 is 0 Å². The highest BCUT2D eigenvalue weighted by atomic mass is 16.2. The topological polar surface area (TPSA) is 59.0 Å². The van der Waals surface area contributed by atoms with Crippen LogP contribution >= 0.6 is 0 Å². The highest BCUT2D eigenvalue weighted by Crippen LogP contribution is 2.12. The van der Waals surface area contributed by atoms with Crippen molar-refractivity contribution in [3.8, 4) is 0 Å². The Labute approximate surface area is 96.2 Å². The van der Waals surface area contributed by atoms with Crippen LogP contribution in [0.4, 0.5) is 5.82 Å². The number of hydrogen-bond donors (Lipinski definition) is 2. The Hall–Kier alpha value is -1.36. The molecular formula is C11H20N4O. The summed E-state index contributed by atoms with van der Waals surface area (Å²) in [6.07, 6.45) is 2.71. The zero-order valence-corrected chi connectivity index (χ0v) is 10.2. The molecule has 90 valence electrons. The quantitative estimate of drug-likeness (QED) is 0.718. The molecule has 1 rings (SSSR count). The predicted molar refractivity (Wildman–Crippen MR) is 64.4 cm³/mol. The zero-order valence-electron chi connectivity index (χ0n) is 10.2. The van der Waals surface area contributed by atoms with Gasteiger partial charge in [-0.2, -0.15) is 5.10 Å². The van der Waals surface area contributed by atoms with E-state index in [9.17, 15) is 4.79 Å². The first-order valence-electron chi connectivity index (χ1n) is 5.69. The van der Waals surface area contributed by atoms with E-state index in [1.165, 1.54) is 0 Å². The molecule has 0 spiro atoms. The number of rotatable bonds is 6. The van der Waals surface area contributed by atoms with Gasteiger partial charge in [0.2, 0.25) is 5.91 Å². The number of carbonyl (C=O) groups excluding carboxylic acids is 1. The number of anilines is 1. The summed E-state index contributed by atoms with van der Waals surface area (Å²) in [6.45, 7) is 7.32. The average Bonchev–Trinajstić information content (AvgIpc) is 2.66. The van der Waals surface area contributed by atoms with Crippen LogP contribution < -0.4 is 10.6 Å². The van der Waals surface area contributed by atoms with E-state index in [-0.39, 0.29) is 11.9 Å². The summed E-state index contributed by atoms with van der Waals surface area (Å²) in [6, 6.07) is 2.05. The molecule has 0 atom stereocenters. The fraction of sp³-hybridized carbons (Fsp3) is 0.636. The average molecular weight is 224 g/mol. The Bertz CT molecular complexity index is 332. The van der Waals surface area contributed by atoms with Gasteiger partial charge in [-0.25, -0.2) is 4.68 Å². The van der Waals surface area contributed by atoms with E-state index in [2.05, 4.69) is 22.7 Å². The van der Waals surface area contributed by atoms with Crippen molar-refractivity contribution in [3.05, 3.63) is 12.3 Å². The van der Waals surface area contributed by atoms with Gasteiger partial charge in [-0.1, -0.05) is 6.92 Å². The first kappa shape index (κ1) is 12.7. The molecule has 0 aliphatic heterocycles. The number of aromatic nitrogens is 2. The molecule has 0 aliphatic carbocycles. The zero-order chi connectivity index (χ0) is 12.0. The molecule has 0 aliphatic rings. The van der Waals surface area contributed by atoms with Crippen LogP contribution in [0.2, 0.25) is 0 Å². The molecule has 2 N–H and O–H groups in total. The van der Waals surface area contributed by atoms with Crippen LogP contribution in [0.1, 0.15) is 33.2 Å². The van der Waals surface area contributed by atoms with Gasteiger partial charge in [0.05, 0.1) is 12.7 Å². The Morgan fingerprint density at radius 1 is 1.56 bits per heavy atom. The summed E-state index contributed by atoms with van der Waals surface area (Å²) in [5.74, 6) is 0.717. The van der Waals surface area contributed by atoms with E-state index in [0.717, 1.165) is 18.8 Å². The van der Waals surface area contributed by atoms with Gasteiger partial charge in [0.25, 0.3) is 0 Å². The Kier molecular flexibility index (Phi) is 4.98. The smallest absolute Gasteiger partial charge is 0.239 e. The van der Waals surface area contributed by atoms with Crippen LogP contribution in [-0.2, 0) is 4.79 Å². The van der Waals surface area contributed by atoms with E-state index < -0.39 is 0 Å². The van der Waals surface area contributed by atoms with Crippen molar-refractivity contribution < 1.29 is 4.79 Å². The summed E-state index contributed by atoms with van der Waals surface area (Å²) in [5, 5.41) is 10.0. The Morgan fingerprint density at radius 3 is 2.94 bits per heavy atom. The third-order valence-corrected chi connectivity index (χ3v) is 2.14. The lowest BCUT2D eigenvalue weighted by Gasteiger charge is -2.11. The number of amides is 1. The van der Waals surface area contributed by atoms with Crippen molar-refractivity contribution >= 4 is 11.7 Å². The van der Waals surface area contributed by atoms with Crippen LogP contribution in [0, 0.1) is 0 Å². The molecule has 0 saturated carbocycles. The van der Waals surface area contributed by atoms with Gasteiger partial charge in [0.15, 0.2) is 0 Å². The number of nitrogens with one attached hydrogen (secondary N) is 2. The van der Waals surface area contributed by atoms with Crippen molar-refractivity contribution in [3.63, 3.8) is 0 Å². The molecule has 0 aromatic carbocycles. The van der Waals surface area contributed by atoms with Crippen LogP contribution in [-0.4, -0.2) is 28.8 Å². The number of hydrogen-bond acceptors (Lipinski definition) is 3. The van der Waals surface area contributed by atoms with Crippen molar-refractivity contribution in [1.29, 1.82) is 0 Å². The van der Waals surface area contributed by atoms with E-state index in [4.69, 9.17) is 0 Å². The molecule has 0 unspecified atom stereocenters. The molecule has 0 bridgehead atoms. The van der Waals surface area contributed by atoms with Gasteiger partial charge < -0.3 is 10.6 Å². The first-order chi connectivity index (χ1) is 7.65. The number of nitrogens with zero attached hydrogens (tertiary/aromatic N) is 2. The molecule has 5 heteroatoms. The molecule has 1 amide bonds. The van der Waals surface area contributed by atoms with Crippen molar-refractivity contribution in [1.82, 2.24) is 15.1 Å². The summed E-state index contributed by atoms with van der Waals surface area (Å²) in [4.78, 5) is 11.5. The maximum absolute atomic E-state index is 11.5. The normalized spacial score (nSPS) is 10.8. The SMILES string of the molecule is CCCNCC(=O)Nc1ccnn1C(C)C. The van der Waals surface area contributed by atoms with Crippen molar-refractivity contribution in [2.75, 3.05) is 18.4 Å². The van der Waals surface area contributed by atoms with Gasteiger partial charge in [0.1, 0.15) is 5.82 Å². The fourth-order valence-corrected chi connectivity index (χ4v) is 1.39. The second-order valence-electron chi connectivity index (χ2n) is 3.98. The van der Waals surface area contributed by atoms with Gasteiger partial charge in [0, 0.05) is 12.1 Å². The molecule has 0 fully saturated rings. The minimum absolute atomic E-state index is 0.0316. The molecule has 5 nitrogen and oxygen atoms in total. The van der Waals surface area contributed by atoms with E-state index in [1.807, 2.05) is 13.8 Å². The third kappa shape index (κ3) is 3.66. The van der Waals surface area contributed by atoms with Crippen LogP contribution in [0.15, 0.2) is 12.3 Å². The van der Waals surface area contributed by atoms with Crippen molar-refractivity contribution in [2.45, 2.75) is 33.2 Å². The summed E-state index contributed by atoms with van der Waals surface area (Å²) < 4.78 is 1.79. The molecule has 1 heterocycles. The first-order valence-corrected chi connectivity index (χ1v) is 5.69. The molecule has 0 saturated heterocycles. The Balaban J connectivity index is 2.46. The highest BCUT2D eigenvalue weighted by Gasteiger charge is 2.08. The fourth-order valence-electron chi connectivity index (χ4n) is 1.39. The molecular weight excluding hydrogens is 204 g/mol.